The van der Waals surface area contributed by atoms with E-state index in [2.05, 4.69) is 15.8 Å². The Morgan fingerprint density at radius 3 is 2.50 bits per heavy atom. The Kier molecular flexibility index (Phi) is 5.41. The van der Waals surface area contributed by atoms with Gasteiger partial charge in [0.2, 0.25) is 0 Å². The van der Waals surface area contributed by atoms with Gasteiger partial charge in [-0.15, -0.1) is 0 Å². The second-order valence-corrected chi connectivity index (χ2v) is 7.51. The number of nitrogens with one attached hydrogen (secondary N) is 2. The molecule has 0 aromatic heterocycles. The molecule has 0 spiro atoms. The van der Waals surface area contributed by atoms with Crippen molar-refractivity contribution in [2.24, 2.45) is 5.10 Å². The van der Waals surface area contributed by atoms with Crippen LogP contribution < -0.4 is 10.7 Å². The average Bonchev–Trinajstić information content (AvgIpc) is 2.96. The highest BCUT2D eigenvalue weighted by Crippen LogP contribution is 2.34. The van der Waals surface area contributed by atoms with E-state index in [0.717, 1.165) is 6.07 Å². The number of hydrogen-bond donors (Lipinski definition) is 2. The number of alkyl halides is 3. The van der Waals surface area contributed by atoms with E-state index in [-0.39, 0.29) is 17.8 Å². The third-order valence-corrected chi connectivity index (χ3v) is 3.80. The molecule has 10 heteroatoms. The number of nitriles is 1. The summed E-state index contributed by atoms with van der Waals surface area (Å²) in [5.74, 6) is -1.37. The topological polar surface area (TPSA) is 104 Å². The molecule has 1 aliphatic rings. The van der Waals surface area contributed by atoms with Gasteiger partial charge in [0.15, 0.2) is 0 Å². The SMILES string of the molecule is CC(C)(C)OC(=O)C1=NNC(C)(C(=O)Nc2ccc(C#N)c(C(F)(F)F)c2)C1. The van der Waals surface area contributed by atoms with Crippen molar-refractivity contribution in [1.82, 2.24) is 5.43 Å². The van der Waals surface area contributed by atoms with Gasteiger partial charge < -0.3 is 10.1 Å². The second kappa shape index (κ2) is 7.14. The molecule has 0 fully saturated rings. The Morgan fingerprint density at radius 2 is 1.96 bits per heavy atom. The molecule has 1 aliphatic heterocycles. The molecule has 0 bridgehead atoms. The molecule has 0 aliphatic carbocycles. The molecule has 1 aromatic rings. The standard InChI is InChI=1S/C18H19F3N4O3/c1-16(2,3)28-14(26)13-8-17(4,25-24-13)15(27)23-11-6-5-10(9-22)12(7-11)18(19,20)21/h5-7,25H,8H2,1-4H3,(H,23,27). The highest BCUT2D eigenvalue weighted by Gasteiger charge is 2.42. The van der Waals surface area contributed by atoms with Crippen molar-refractivity contribution in [2.75, 3.05) is 5.32 Å². The van der Waals surface area contributed by atoms with Crippen LogP contribution in [0.3, 0.4) is 0 Å². The van der Waals surface area contributed by atoms with Crippen LogP contribution in [0.1, 0.15) is 45.2 Å². The lowest BCUT2D eigenvalue weighted by atomic mass is 9.95. The molecule has 1 heterocycles. The van der Waals surface area contributed by atoms with Gasteiger partial charge in [-0.1, -0.05) is 0 Å². The Morgan fingerprint density at radius 1 is 1.32 bits per heavy atom. The van der Waals surface area contributed by atoms with Gasteiger partial charge in [0.1, 0.15) is 16.9 Å². The van der Waals surface area contributed by atoms with E-state index < -0.39 is 40.3 Å². The molecule has 150 valence electrons. The van der Waals surface area contributed by atoms with Gasteiger partial charge in [-0.3, -0.25) is 10.2 Å². The molecular weight excluding hydrogens is 377 g/mol. The molecule has 7 nitrogen and oxygen atoms in total. The molecule has 2 N–H and O–H groups in total. The molecule has 1 atom stereocenters. The number of nitrogens with zero attached hydrogens (tertiary/aromatic N) is 2. The molecule has 0 saturated heterocycles. The molecule has 1 unspecified atom stereocenters. The third-order valence-electron chi connectivity index (χ3n) is 3.80. The lowest BCUT2D eigenvalue weighted by molar-refractivity contribution is -0.146. The fourth-order valence-electron chi connectivity index (χ4n) is 2.41. The molecule has 1 aromatic carbocycles. The molecule has 2 rings (SSSR count). The van der Waals surface area contributed by atoms with Crippen LogP contribution in [0.4, 0.5) is 18.9 Å². The largest absolute Gasteiger partial charge is 0.455 e. The van der Waals surface area contributed by atoms with Crippen molar-refractivity contribution in [3.8, 4) is 6.07 Å². The number of amides is 1. The van der Waals surface area contributed by atoms with Gasteiger partial charge in [0.05, 0.1) is 17.2 Å². The predicted molar refractivity (Wildman–Crippen MR) is 94.2 cm³/mol. The van der Waals surface area contributed by atoms with E-state index in [1.165, 1.54) is 19.1 Å². The first kappa shape index (κ1) is 21.2. The molecule has 1 amide bonds. The highest BCUT2D eigenvalue weighted by atomic mass is 19.4. The van der Waals surface area contributed by atoms with E-state index in [4.69, 9.17) is 10.00 Å². The van der Waals surface area contributed by atoms with Gasteiger partial charge >= 0.3 is 12.1 Å². The number of halogens is 3. The summed E-state index contributed by atoms with van der Waals surface area (Å²) in [6.07, 6.45) is -4.84. The fourth-order valence-corrected chi connectivity index (χ4v) is 2.41. The van der Waals surface area contributed by atoms with Crippen LogP contribution in [0.25, 0.3) is 0 Å². The van der Waals surface area contributed by atoms with E-state index in [9.17, 15) is 22.8 Å². The summed E-state index contributed by atoms with van der Waals surface area (Å²) in [7, 11) is 0. The summed E-state index contributed by atoms with van der Waals surface area (Å²) in [5.41, 5.74) is -1.38. The van der Waals surface area contributed by atoms with E-state index in [1.807, 2.05) is 0 Å². The van der Waals surface area contributed by atoms with Crippen LogP contribution in [-0.2, 0) is 20.5 Å². The number of rotatable bonds is 3. The van der Waals surface area contributed by atoms with Crippen molar-refractivity contribution < 1.29 is 27.5 Å². The summed E-state index contributed by atoms with van der Waals surface area (Å²) in [4.78, 5) is 24.6. The van der Waals surface area contributed by atoms with E-state index >= 15 is 0 Å². The van der Waals surface area contributed by atoms with Gasteiger partial charge in [0, 0.05) is 12.1 Å². The normalized spacial score (nSPS) is 19.3. The number of carbonyl (C=O) groups is 2. The van der Waals surface area contributed by atoms with Gasteiger partial charge in [-0.25, -0.2) is 4.79 Å². The van der Waals surface area contributed by atoms with Gasteiger partial charge in [-0.05, 0) is 45.9 Å². The first-order valence-electron chi connectivity index (χ1n) is 8.25. The summed E-state index contributed by atoms with van der Waals surface area (Å²) in [5, 5.41) is 15.0. The maximum absolute atomic E-state index is 13.1. The molecular formula is C18H19F3N4O3. The Labute approximate surface area is 159 Å². The minimum absolute atomic E-state index is 0.00313. The van der Waals surface area contributed by atoms with Crippen molar-refractivity contribution >= 4 is 23.3 Å². The summed E-state index contributed by atoms with van der Waals surface area (Å²) in [6, 6.07) is 4.32. The first-order valence-corrected chi connectivity index (χ1v) is 8.25. The lowest BCUT2D eigenvalue weighted by Gasteiger charge is -2.23. The number of ether oxygens (including phenoxy) is 1. The molecule has 28 heavy (non-hydrogen) atoms. The van der Waals surface area contributed by atoms with Crippen LogP contribution in [-0.4, -0.2) is 28.7 Å². The zero-order valence-electron chi connectivity index (χ0n) is 15.7. The monoisotopic (exact) mass is 396 g/mol. The van der Waals surface area contributed by atoms with E-state index in [1.54, 1.807) is 20.8 Å². The van der Waals surface area contributed by atoms with Crippen LogP contribution in [0, 0.1) is 11.3 Å². The molecule has 0 saturated carbocycles. The maximum atomic E-state index is 13.1. The zero-order chi connectivity index (χ0) is 21.3. The van der Waals surface area contributed by atoms with Crippen LogP contribution >= 0.6 is 0 Å². The Bertz CT molecular complexity index is 882. The molecule has 0 radical (unpaired) electrons. The van der Waals surface area contributed by atoms with Crippen molar-refractivity contribution in [3.63, 3.8) is 0 Å². The third kappa shape index (κ3) is 4.79. The van der Waals surface area contributed by atoms with Crippen molar-refractivity contribution in [2.45, 2.75) is 51.4 Å². The van der Waals surface area contributed by atoms with Crippen LogP contribution in [0.15, 0.2) is 23.3 Å². The number of benzene rings is 1. The number of esters is 1. The van der Waals surface area contributed by atoms with E-state index in [0.29, 0.717) is 6.07 Å². The first-order chi connectivity index (χ1) is 12.7. The number of anilines is 1. The maximum Gasteiger partial charge on any atom is 0.417 e. The van der Waals surface area contributed by atoms with Crippen LogP contribution in [0.5, 0.6) is 0 Å². The Hall–Kier alpha value is -3.09. The smallest absolute Gasteiger partial charge is 0.417 e. The van der Waals surface area contributed by atoms with Gasteiger partial charge in [0.25, 0.3) is 5.91 Å². The summed E-state index contributed by atoms with van der Waals surface area (Å²) >= 11 is 0. The predicted octanol–water partition coefficient (Wildman–Crippen LogP) is 2.97. The number of hydrogen-bond acceptors (Lipinski definition) is 6. The van der Waals surface area contributed by atoms with Crippen molar-refractivity contribution in [1.29, 1.82) is 5.26 Å². The summed E-state index contributed by atoms with van der Waals surface area (Å²) < 4.78 is 44.4. The number of carbonyl (C=O) groups excluding carboxylic acids is 2. The average molecular weight is 396 g/mol. The summed E-state index contributed by atoms with van der Waals surface area (Å²) in [6.45, 7) is 6.51. The lowest BCUT2D eigenvalue weighted by Crippen LogP contribution is -2.48. The Balaban J connectivity index is 2.14. The van der Waals surface area contributed by atoms with Crippen LogP contribution in [0.2, 0.25) is 0 Å². The fraction of sp³-hybridized carbons (Fsp3) is 0.444. The minimum Gasteiger partial charge on any atom is -0.455 e. The zero-order valence-corrected chi connectivity index (χ0v) is 15.7. The quantitative estimate of drug-likeness (QED) is 0.765. The number of hydrazone groups is 1. The van der Waals surface area contributed by atoms with Gasteiger partial charge in [-0.2, -0.15) is 23.5 Å². The second-order valence-electron chi connectivity index (χ2n) is 7.51. The minimum atomic E-state index is -4.74. The van der Waals surface area contributed by atoms with Crippen molar-refractivity contribution in [3.05, 3.63) is 29.3 Å². The highest BCUT2D eigenvalue weighted by molar-refractivity contribution is 6.38.